The molecule has 0 amide bonds. The van der Waals surface area contributed by atoms with E-state index in [9.17, 15) is 0 Å². The summed E-state index contributed by atoms with van der Waals surface area (Å²) in [5, 5.41) is 6.73. The van der Waals surface area contributed by atoms with Crippen LogP contribution in [0.1, 0.15) is 6.92 Å². The summed E-state index contributed by atoms with van der Waals surface area (Å²) in [4.78, 5) is 0. The summed E-state index contributed by atoms with van der Waals surface area (Å²) in [6.45, 7) is 2.49. The Kier molecular flexibility index (Phi) is 2.58. The van der Waals surface area contributed by atoms with Gasteiger partial charge in [0.1, 0.15) is 5.82 Å². The zero-order chi connectivity index (χ0) is 10.7. The molecule has 0 unspecified atom stereocenters. The first-order valence-electron chi connectivity index (χ1n) is 4.85. The number of benzene rings is 1. The van der Waals surface area contributed by atoms with E-state index < -0.39 is 0 Å². The fourth-order valence-corrected chi connectivity index (χ4v) is 1.46. The Bertz CT molecular complexity index is 436. The van der Waals surface area contributed by atoms with Crippen LogP contribution >= 0.6 is 0 Å². The van der Waals surface area contributed by atoms with Crippen LogP contribution in [0.2, 0.25) is 0 Å². The topological polar surface area (TPSA) is 63.9 Å². The Hall–Kier alpha value is -1.97. The Morgan fingerprint density at radius 3 is 2.73 bits per heavy atom. The van der Waals surface area contributed by atoms with E-state index in [2.05, 4.69) is 10.2 Å². The quantitative estimate of drug-likeness (QED) is 0.802. The second kappa shape index (κ2) is 4.04. The van der Waals surface area contributed by atoms with Crippen molar-refractivity contribution in [2.45, 2.75) is 6.92 Å². The van der Waals surface area contributed by atoms with E-state index in [-0.39, 0.29) is 0 Å². The molecular formula is C11H13N3O. The molecule has 2 aromatic rings. The van der Waals surface area contributed by atoms with Crippen molar-refractivity contribution in [2.75, 3.05) is 12.3 Å². The lowest BCUT2D eigenvalue weighted by Crippen LogP contribution is -1.94. The molecule has 0 aliphatic heterocycles. The van der Waals surface area contributed by atoms with Crippen molar-refractivity contribution in [3.63, 3.8) is 0 Å². The number of H-pyrrole nitrogens is 1. The molecule has 0 saturated carbocycles. The number of hydrogen-bond donors (Lipinski definition) is 2. The van der Waals surface area contributed by atoms with Crippen LogP contribution in [0.4, 0.5) is 5.82 Å². The fraction of sp³-hybridized carbons (Fsp3) is 0.182. The van der Waals surface area contributed by atoms with E-state index in [0.29, 0.717) is 18.3 Å². The average molecular weight is 203 g/mol. The minimum absolute atomic E-state index is 0.532. The maximum absolute atomic E-state index is 5.81. The monoisotopic (exact) mass is 203 g/mol. The van der Waals surface area contributed by atoms with Crippen molar-refractivity contribution in [3.05, 3.63) is 30.3 Å². The van der Waals surface area contributed by atoms with E-state index in [4.69, 9.17) is 10.5 Å². The number of ether oxygens (including phenoxy) is 1. The minimum atomic E-state index is 0.532. The highest BCUT2D eigenvalue weighted by molar-refractivity contribution is 5.78. The molecule has 0 bridgehead atoms. The van der Waals surface area contributed by atoms with Crippen molar-refractivity contribution in [2.24, 2.45) is 0 Å². The summed E-state index contributed by atoms with van der Waals surface area (Å²) >= 11 is 0. The lowest BCUT2D eigenvalue weighted by Gasteiger charge is -2.03. The summed E-state index contributed by atoms with van der Waals surface area (Å²) in [6, 6.07) is 9.82. The summed E-state index contributed by atoms with van der Waals surface area (Å²) in [5.74, 6) is 1.09. The van der Waals surface area contributed by atoms with Crippen molar-refractivity contribution in [3.8, 4) is 17.0 Å². The first-order chi connectivity index (χ1) is 7.33. The number of nitrogens with zero attached hydrogens (tertiary/aromatic N) is 1. The van der Waals surface area contributed by atoms with Crippen LogP contribution in [0.15, 0.2) is 30.3 Å². The van der Waals surface area contributed by atoms with Crippen LogP contribution in [0.25, 0.3) is 11.1 Å². The zero-order valence-electron chi connectivity index (χ0n) is 8.53. The number of nitrogens with one attached hydrogen (secondary N) is 1. The summed E-state index contributed by atoms with van der Waals surface area (Å²) in [7, 11) is 0. The molecule has 1 aromatic heterocycles. The molecule has 1 heterocycles. The number of rotatable bonds is 3. The molecule has 2 rings (SSSR count). The highest BCUT2D eigenvalue weighted by Crippen LogP contribution is 2.32. The van der Waals surface area contributed by atoms with E-state index >= 15 is 0 Å². The highest BCUT2D eigenvalue weighted by atomic mass is 16.5. The third-order valence-corrected chi connectivity index (χ3v) is 2.10. The van der Waals surface area contributed by atoms with Gasteiger partial charge in [-0.25, -0.2) is 0 Å². The predicted octanol–water partition coefficient (Wildman–Crippen LogP) is 2.06. The second-order valence-electron chi connectivity index (χ2n) is 3.12. The Morgan fingerprint density at radius 1 is 1.33 bits per heavy atom. The molecule has 1 aromatic carbocycles. The molecule has 4 nitrogen and oxygen atoms in total. The van der Waals surface area contributed by atoms with Crippen LogP contribution in [-0.4, -0.2) is 16.8 Å². The second-order valence-corrected chi connectivity index (χ2v) is 3.12. The van der Waals surface area contributed by atoms with E-state index in [1.54, 1.807) is 0 Å². The molecule has 0 spiro atoms. The molecule has 0 saturated heterocycles. The smallest absolute Gasteiger partial charge is 0.242 e. The van der Waals surface area contributed by atoms with Gasteiger partial charge in [0.15, 0.2) is 0 Å². The molecule has 78 valence electrons. The van der Waals surface area contributed by atoms with Crippen LogP contribution < -0.4 is 10.5 Å². The number of hydrogen-bond acceptors (Lipinski definition) is 3. The molecule has 4 heteroatoms. The van der Waals surface area contributed by atoms with E-state index in [1.165, 1.54) is 0 Å². The van der Waals surface area contributed by atoms with Crippen LogP contribution in [-0.2, 0) is 0 Å². The van der Waals surface area contributed by atoms with Gasteiger partial charge in [-0.2, -0.15) is 0 Å². The summed E-state index contributed by atoms with van der Waals surface area (Å²) < 4.78 is 5.39. The maximum Gasteiger partial charge on any atom is 0.242 e. The van der Waals surface area contributed by atoms with Crippen LogP contribution in [0, 0.1) is 0 Å². The van der Waals surface area contributed by atoms with Gasteiger partial charge in [-0.3, -0.25) is 5.10 Å². The minimum Gasteiger partial charge on any atom is -0.476 e. The molecular weight excluding hydrogens is 190 g/mol. The van der Waals surface area contributed by atoms with Crippen LogP contribution in [0.3, 0.4) is 0 Å². The standard InChI is InChI=1S/C11H13N3O/c1-2-15-11-9(10(12)13-14-11)8-6-4-3-5-7-8/h3-7H,2H2,1H3,(H3,12,13,14). The maximum atomic E-state index is 5.81. The zero-order valence-corrected chi connectivity index (χ0v) is 8.53. The number of aromatic amines is 1. The third-order valence-electron chi connectivity index (χ3n) is 2.10. The predicted molar refractivity (Wildman–Crippen MR) is 59.6 cm³/mol. The van der Waals surface area contributed by atoms with Gasteiger partial charge in [-0.05, 0) is 12.5 Å². The van der Waals surface area contributed by atoms with Crippen LogP contribution in [0.5, 0.6) is 5.88 Å². The number of nitrogen functional groups attached to an aromatic ring is 1. The molecule has 0 atom stereocenters. The first-order valence-corrected chi connectivity index (χ1v) is 4.85. The SMILES string of the molecule is CCOc1n[nH]c(N)c1-c1ccccc1. The van der Waals surface area contributed by atoms with Crippen molar-refractivity contribution < 1.29 is 4.74 Å². The lowest BCUT2D eigenvalue weighted by atomic mass is 10.1. The summed E-state index contributed by atoms with van der Waals surface area (Å²) in [6.07, 6.45) is 0. The van der Waals surface area contributed by atoms with Gasteiger partial charge in [0.25, 0.3) is 0 Å². The highest BCUT2D eigenvalue weighted by Gasteiger charge is 2.13. The summed E-state index contributed by atoms with van der Waals surface area (Å²) in [5.41, 5.74) is 7.64. The number of anilines is 1. The Morgan fingerprint density at radius 2 is 2.07 bits per heavy atom. The molecule has 0 aliphatic rings. The third kappa shape index (κ3) is 1.79. The molecule has 3 N–H and O–H groups in total. The number of nitrogens with two attached hydrogens (primary N) is 1. The largest absolute Gasteiger partial charge is 0.476 e. The van der Waals surface area contributed by atoms with Gasteiger partial charge in [0.05, 0.1) is 12.2 Å². The van der Waals surface area contributed by atoms with E-state index in [0.717, 1.165) is 11.1 Å². The van der Waals surface area contributed by atoms with Crippen molar-refractivity contribution >= 4 is 5.82 Å². The molecule has 0 aliphatic carbocycles. The van der Waals surface area contributed by atoms with Gasteiger partial charge >= 0.3 is 0 Å². The molecule has 0 fully saturated rings. The van der Waals surface area contributed by atoms with Gasteiger partial charge < -0.3 is 10.5 Å². The van der Waals surface area contributed by atoms with Gasteiger partial charge in [-0.15, -0.1) is 5.10 Å². The molecule has 15 heavy (non-hydrogen) atoms. The van der Waals surface area contributed by atoms with E-state index in [1.807, 2.05) is 37.3 Å². The van der Waals surface area contributed by atoms with Crippen molar-refractivity contribution in [1.29, 1.82) is 0 Å². The normalized spacial score (nSPS) is 10.2. The lowest BCUT2D eigenvalue weighted by molar-refractivity contribution is 0.327. The van der Waals surface area contributed by atoms with Crippen molar-refractivity contribution in [1.82, 2.24) is 10.2 Å². The first kappa shape index (κ1) is 9.58. The van der Waals surface area contributed by atoms with Gasteiger partial charge in [0, 0.05) is 0 Å². The Labute approximate surface area is 88.1 Å². The van der Waals surface area contributed by atoms with Gasteiger partial charge in [0.2, 0.25) is 5.88 Å². The Balaban J connectivity index is 2.47. The fourth-order valence-electron chi connectivity index (χ4n) is 1.46. The van der Waals surface area contributed by atoms with Gasteiger partial charge in [-0.1, -0.05) is 30.3 Å². The average Bonchev–Trinajstić information content (AvgIpc) is 2.62. The molecule has 0 radical (unpaired) electrons. The number of aromatic nitrogens is 2.